The number of nitrogens with one attached hydrogen (secondary N) is 1. The van der Waals surface area contributed by atoms with E-state index in [0.29, 0.717) is 23.7 Å². The highest BCUT2D eigenvalue weighted by atomic mass is 79.9. The van der Waals surface area contributed by atoms with Crippen LogP contribution in [0.1, 0.15) is 5.56 Å². The van der Waals surface area contributed by atoms with Gasteiger partial charge in [-0.3, -0.25) is 9.59 Å². The van der Waals surface area contributed by atoms with Crippen LogP contribution >= 0.6 is 15.9 Å². The van der Waals surface area contributed by atoms with Gasteiger partial charge < -0.3 is 14.8 Å². The van der Waals surface area contributed by atoms with Gasteiger partial charge in [-0.25, -0.2) is 4.68 Å². The Bertz CT molecular complexity index is 1060. The summed E-state index contributed by atoms with van der Waals surface area (Å²) in [6.07, 6.45) is 0. The summed E-state index contributed by atoms with van der Waals surface area (Å²) in [5, 5.41) is 7.10. The Balaban J connectivity index is 1.68. The molecule has 0 aliphatic carbocycles. The van der Waals surface area contributed by atoms with E-state index < -0.39 is 0 Å². The van der Waals surface area contributed by atoms with Crippen LogP contribution in [0.15, 0.2) is 63.9 Å². The lowest BCUT2D eigenvalue weighted by molar-refractivity contribution is -0.122. The number of carbonyl (C=O) groups excluding carboxylic acids is 1. The fourth-order valence-corrected chi connectivity index (χ4v) is 2.98. The first-order valence-electron chi connectivity index (χ1n) is 8.82. The maximum absolute atomic E-state index is 12.3. The molecule has 3 aromatic rings. The van der Waals surface area contributed by atoms with Gasteiger partial charge in [-0.15, -0.1) is 0 Å². The number of ether oxygens (including phenoxy) is 2. The van der Waals surface area contributed by atoms with E-state index in [0.717, 1.165) is 20.3 Å². The van der Waals surface area contributed by atoms with E-state index >= 15 is 0 Å². The molecule has 0 aliphatic heterocycles. The van der Waals surface area contributed by atoms with Gasteiger partial charge in [-0.1, -0.05) is 34.1 Å². The SMILES string of the molecule is COc1ccc(CNC(=O)Cn2nc(-c3ccc(Br)cc3)ccc2=O)cc1OC. The average Bonchev–Trinajstić information content (AvgIpc) is 2.74. The van der Waals surface area contributed by atoms with Crippen molar-refractivity contribution in [1.29, 1.82) is 0 Å². The van der Waals surface area contributed by atoms with E-state index in [1.165, 1.54) is 6.07 Å². The van der Waals surface area contributed by atoms with Gasteiger partial charge in [0.25, 0.3) is 5.56 Å². The van der Waals surface area contributed by atoms with Crippen molar-refractivity contribution in [3.63, 3.8) is 0 Å². The zero-order valence-electron chi connectivity index (χ0n) is 16.0. The van der Waals surface area contributed by atoms with Crippen LogP contribution in [0.4, 0.5) is 0 Å². The van der Waals surface area contributed by atoms with Gasteiger partial charge in [0.2, 0.25) is 5.91 Å². The molecule has 1 N–H and O–H groups in total. The third kappa shape index (κ3) is 5.23. The van der Waals surface area contributed by atoms with Crippen LogP contribution in [0.5, 0.6) is 11.5 Å². The second-order valence-corrected chi connectivity index (χ2v) is 7.10. The lowest BCUT2D eigenvalue weighted by Gasteiger charge is -2.11. The van der Waals surface area contributed by atoms with Crippen LogP contribution in [0, 0.1) is 0 Å². The number of rotatable bonds is 7. The van der Waals surface area contributed by atoms with E-state index in [2.05, 4.69) is 26.3 Å². The Labute approximate surface area is 176 Å². The Morgan fingerprint density at radius 3 is 2.45 bits per heavy atom. The van der Waals surface area contributed by atoms with Gasteiger partial charge in [0, 0.05) is 22.6 Å². The Hall–Kier alpha value is -3.13. The Morgan fingerprint density at radius 2 is 1.76 bits per heavy atom. The number of carbonyl (C=O) groups is 1. The molecule has 0 radical (unpaired) electrons. The molecule has 1 aromatic heterocycles. The predicted octanol–water partition coefficient (Wildman–Crippen LogP) is 3.01. The van der Waals surface area contributed by atoms with Gasteiger partial charge >= 0.3 is 0 Å². The molecule has 0 fully saturated rings. The van der Waals surface area contributed by atoms with Crippen LogP contribution in [-0.4, -0.2) is 29.9 Å². The van der Waals surface area contributed by atoms with Crippen LogP contribution in [-0.2, 0) is 17.9 Å². The molecule has 0 aliphatic rings. The molecular formula is C21H20BrN3O4. The van der Waals surface area contributed by atoms with Crippen LogP contribution in [0.2, 0.25) is 0 Å². The summed E-state index contributed by atoms with van der Waals surface area (Å²) in [5.74, 6) is 0.879. The first kappa shape index (κ1) is 20.6. The Morgan fingerprint density at radius 1 is 1.03 bits per heavy atom. The second-order valence-electron chi connectivity index (χ2n) is 6.19. The second kappa shape index (κ2) is 9.38. The zero-order chi connectivity index (χ0) is 20.8. The fraction of sp³-hybridized carbons (Fsp3) is 0.190. The molecule has 3 rings (SSSR count). The number of amides is 1. The molecule has 1 heterocycles. The largest absolute Gasteiger partial charge is 0.493 e. The standard InChI is InChI=1S/C21H20BrN3O4/c1-28-18-9-3-14(11-19(18)29-2)12-23-20(26)13-25-21(27)10-8-17(24-25)15-4-6-16(22)7-5-15/h3-11H,12-13H2,1-2H3,(H,23,26). The zero-order valence-corrected chi connectivity index (χ0v) is 17.6. The van der Waals surface area contributed by atoms with Gasteiger partial charge in [-0.05, 0) is 35.9 Å². The fourth-order valence-electron chi connectivity index (χ4n) is 2.72. The molecule has 0 saturated carbocycles. The summed E-state index contributed by atoms with van der Waals surface area (Å²) in [6.45, 7) is 0.122. The van der Waals surface area contributed by atoms with Crippen molar-refractivity contribution in [1.82, 2.24) is 15.1 Å². The van der Waals surface area contributed by atoms with Crippen molar-refractivity contribution in [2.75, 3.05) is 14.2 Å². The maximum Gasteiger partial charge on any atom is 0.267 e. The molecule has 1 amide bonds. The summed E-state index contributed by atoms with van der Waals surface area (Å²) < 4.78 is 12.6. The summed E-state index contributed by atoms with van der Waals surface area (Å²) in [6, 6.07) is 16.0. The van der Waals surface area contributed by atoms with Crippen molar-refractivity contribution >= 4 is 21.8 Å². The van der Waals surface area contributed by atoms with Crippen molar-refractivity contribution in [3.05, 3.63) is 75.0 Å². The minimum absolute atomic E-state index is 0.170. The van der Waals surface area contributed by atoms with Crippen LogP contribution in [0.3, 0.4) is 0 Å². The highest BCUT2D eigenvalue weighted by molar-refractivity contribution is 9.10. The maximum atomic E-state index is 12.3. The van der Waals surface area contributed by atoms with E-state index in [9.17, 15) is 9.59 Å². The number of hydrogen-bond acceptors (Lipinski definition) is 5. The van der Waals surface area contributed by atoms with Gasteiger partial charge in [0.05, 0.1) is 19.9 Å². The Kier molecular flexibility index (Phi) is 6.66. The molecule has 29 heavy (non-hydrogen) atoms. The average molecular weight is 458 g/mol. The summed E-state index contributed by atoms with van der Waals surface area (Å²) in [4.78, 5) is 24.4. The van der Waals surface area contributed by atoms with Crippen LogP contribution in [0.25, 0.3) is 11.3 Å². The number of halogens is 1. The van der Waals surface area contributed by atoms with Gasteiger partial charge in [-0.2, -0.15) is 5.10 Å². The predicted molar refractivity (Wildman–Crippen MR) is 113 cm³/mol. The van der Waals surface area contributed by atoms with Crippen molar-refractivity contribution in [2.24, 2.45) is 0 Å². The lowest BCUT2D eigenvalue weighted by atomic mass is 10.1. The van der Waals surface area contributed by atoms with E-state index in [1.54, 1.807) is 32.4 Å². The van der Waals surface area contributed by atoms with Crippen molar-refractivity contribution in [3.8, 4) is 22.8 Å². The quantitative estimate of drug-likeness (QED) is 0.589. The first-order chi connectivity index (χ1) is 14.0. The minimum atomic E-state index is -0.341. The topological polar surface area (TPSA) is 82.5 Å². The van der Waals surface area contributed by atoms with E-state index in [-0.39, 0.29) is 18.0 Å². The minimum Gasteiger partial charge on any atom is -0.493 e. The lowest BCUT2D eigenvalue weighted by Crippen LogP contribution is -2.33. The van der Waals surface area contributed by atoms with E-state index in [1.807, 2.05) is 30.3 Å². The van der Waals surface area contributed by atoms with Gasteiger partial charge in [0.1, 0.15) is 6.54 Å². The molecule has 150 valence electrons. The smallest absolute Gasteiger partial charge is 0.267 e. The van der Waals surface area contributed by atoms with Crippen LogP contribution < -0.4 is 20.3 Å². The number of aromatic nitrogens is 2. The highest BCUT2D eigenvalue weighted by Crippen LogP contribution is 2.27. The molecule has 7 nitrogen and oxygen atoms in total. The summed E-state index contributed by atoms with van der Waals surface area (Å²) in [5.41, 5.74) is 1.98. The molecule has 0 spiro atoms. The van der Waals surface area contributed by atoms with E-state index in [4.69, 9.17) is 9.47 Å². The first-order valence-corrected chi connectivity index (χ1v) is 9.61. The van der Waals surface area contributed by atoms with Crippen molar-refractivity contribution in [2.45, 2.75) is 13.1 Å². The number of hydrogen-bond donors (Lipinski definition) is 1. The third-order valence-corrected chi connectivity index (χ3v) is 4.77. The number of methoxy groups -OCH3 is 2. The normalized spacial score (nSPS) is 10.4. The summed E-state index contributed by atoms with van der Waals surface area (Å²) >= 11 is 3.39. The molecule has 0 unspecified atom stereocenters. The third-order valence-electron chi connectivity index (χ3n) is 4.24. The molecule has 2 aromatic carbocycles. The molecular weight excluding hydrogens is 438 g/mol. The molecule has 0 atom stereocenters. The summed E-state index contributed by atoms with van der Waals surface area (Å²) in [7, 11) is 3.11. The molecule has 0 saturated heterocycles. The number of nitrogens with zero attached hydrogens (tertiary/aromatic N) is 2. The molecule has 0 bridgehead atoms. The monoisotopic (exact) mass is 457 g/mol. The van der Waals surface area contributed by atoms with Gasteiger partial charge in [0.15, 0.2) is 11.5 Å². The number of benzene rings is 2. The highest BCUT2D eigenvalue weighted by Gasteiger charge is 2.09. The van der Waals surface area contributed by atoms with Crippen molar-refractivity contribution < 1.29 is 14.3 Å². The molecule has 8 heteroatoms.